The first-order chi connectivity index (χ1) is 5.75. The maximum atomic E-state index is 11.1. The number of imide groups is 1. The number of hydrogen-bond acceptors (Lipinski definition) is 4. The van der Waals surface area contributed by atoms with Crippen molar-refractivity contribution in [3.63, 3.8) is 0 Å². The Balaban J connectivity index is 2.45. The minimum atomic E-state index is -0.150. The van der Waals surface area contributed by atoms with Crippen LogP contribution in [0.25, 0.3) is 0 Å². The van der Waals surface area contributed by atoms with E-state index in [1.54, 1.807) is 7.11 Å². The molecule has 0 aromatic carbocycles. The lowest BCUT2D eigenvalue weighted by molar-refractivity contribution is -0.128. The van der Waals surface area contributed by atoms with Gasteiger partial charge in [0.2, 0.25) is 5.91 Å². The Kier molecular flexibility index (Phi) is 3.55. The predicted molar refractivity (Wildman–Crippen MR) is 46.1 cm³/mol. The van der Waals surface area contributed by atoms with Crippen LogP contribution in [-0.4, -0.2) is 42.1 Å². The number of rotatable bonds is 3. The van der Waals surface area contributed by atoms with Gasteiger partial charge >= 0.3 is 0 Å². The summed E-state index contributed by atoms with van der Waals surface area (Å²) < 4.78 is 4.79. The first kappa shape index (κ1) is 9.54. The van der Waals surface area contributed by atoms with Gasteiger partial charge in [0.25, 0.3) is 5.24 Å². The van der Waals surface area contributed by atoms with E-state index in [0.717, 1.165) is 0 Å². The van der Waals surface area contributed by atoms with Gasteiger partial charge in [0.1, 0.15) is 0 Å². The Morgan fingerprint density at radius 3 is 2.92 bits per heavy atom. The molecule has 0 aliphatic carbocycles. The van der Waals surface area contributed by atoms with Crippen molar-refractivity contribution < 1.29 is 14.3 Å². The second-order valence-electron chi connectivity index (χ2n) is 2.40. The number of amides is 2. The van der Waals surface area contributed by atoms with Crippen molar-refractivity contribution in [3.05, 3.63) is 0 Å². The molecule has 0 bridgehead atoms. The summed E-state index contributed by atoms with van der Waals surface area (Å²) in [5.74, 6) is 0.525. The van der Waals surface area contributed by atoms with Gasteiger partial charge in [-0.1, -0.05) is 11.8 Å². The minimum Gasteiger partial charge on any atom is -0.383 e. The second-order valence-corrected chi connectivity index (χ2v) is 3.45. The fourth-order valence-electron chi connectivity index (χ4n) is 0.939. The zero-order chi connectivity index (χ0) is 8.97. The van der Waals surface area contributed by atoms with E-state index < -0.39 is 0 Å². The minimum absolute atomic E-state index is 0.0872. The molecule has 5 heteroatoms. The molecule has 1 rings (SSSR count). The van der Waals surface area contributed by atoms with Crippen molar-refractivity contribution in [2.24, 2.45) is 0 Å². The molecule has 68 valence electrons. The standard InChI is InChI=1S/C7H11NO3S/c1-11-4-3-8-6(9)2-5-12-7(8)10/h2-5H2,1H3. The second kappa shape index (κ2) is 4.47. The van der Waals surface area contributed by atoms with Crippen LogP contribution in [-0.2, 0) is 9.53 Å². The number of ether oxygens (including phenoxy) is 1. The molecular weight excluding hydrogens is 178 g/mol. The summed E-state index contributed by atoms with van der Waals surface area (Å²) in [4.78, 5) is 23.5. The molecule has 0 atom stereocenters. The van der Waals surface area contributed by atoms with E-state index in [-0.39, 0.29) is 11.1 Å². The smallest absolute Gasteiger partial charge is 0.288 e. The van der Waals surface area contributed by atoms with E-state index in [1.807, 2.05) is 0 Å². The summed E-state index contributed by atoms with van der Waals surface area (Å²) >= 11 is 1.19. The van der Waals surface area contributed by atoms with Gasteiger partial charge in [0.05, 0.1) is 13.2 Å². The summed E-state index contributed by atoms with van der Waals surface area (Å²) in [5, 5.41) is -0.150. The summed E-state index contributed by atoms with van der Waals surface area (Å²) in [6, 6.07) is 0. The van der Waals surface area contributed by atoms with Crippen LogP contribution in [0.3, 0.4) is 0 Å². The zero-order valence-electron chi connectivity index (χ0n) is 6.91. The summed E-state index contributed by atoms with van der Waals surface area (Å²) in [6.07, 6.45) is 0.458. The molecule has 0 saturated carbocycles. The van der Waals surface area contributed by atoms with Crippen LogP contribution in [0.5, 0.6) is 0 Å². The Hall–Kier alpha value is -0.550. The van der Waals surface area contributed by atoms with Crippen LogP contribution in [0.2, 0.25) is 0 Å². The normalized spacial score (nSPS) is 18.6. The van der Waals surface area contributed by atoms with Crippen LogP contribution in [0.1, 0.15) is 6.42 Å². The fraction of sp³-hybridized carbons (Fsp3) is 0.714. The topological polar surface area (TPSA) is 46.6 Å². The first-order valence-corrected chi connectivity index (χ1v) is 4.70. The highest BCUT2D eigenvalue weighted by Crippen LogP contribution is 2.17. The van der Waals surface area contributed by atoms with Crippen LogP contribution < -0.4 is 0 Å². The lowest BCUT2D eigenvalue weighted by Gasteiger charge is -2.23. The van der Waals surface area contributed by atoms with Crippen molar-refractivity contribution in [2.45, 2.75) is 6.42 Å². The quantitative estimate of drug-likeness (QED) is 0.656. The largest absolute Gasteiger partial charge is 0.383 e. The molecule has 0 aromatic heterocycles. The molecule has 1 heterocycles. The third-order valence-electron chi connectivity index (χ3n) is 1.58. The van der Waals surface area contributed by atoms with E-state index in [9.17, 15) is 9.59 Å². The van der Waals surface area contributed by atoms with Gasteiger partial charge in [0.15, 0.2) is 0 Å². The van der Waals surface area contributed by atoms with E-state index in [0.29, 0.717) is 25.3 Å². The molecule has 0 unspecified atom stereocenters. The number of carbonyl (C=O) groups excluding carboxylic acids is 2. The van der Waals surface area contributed by atoms with Gasteiger partial charge < -0.3 is 4.74 Å². The molecule has 0 spiro atoms. The molecular formula is C7H11NO3S. The highest BCUT2D eigenvalue weighted by Gasteiger charge is 2.25. The number of hydrogen-bond donors (Lipinski definition) is 0. The van der Waals surface area contributed by atoms with Crippen LogP contribution in [0.15, 0.2) is 0 Å². The monoisotopic (exact) mass is 189 g/mol. The molecule has 1 aliphatic heterocycles. The van der Waals surface area contributed by atoms with Gasteiger partial charge in [-0.05, 0) is 0 Å². The lowest BCUT2D eigenvalue weighted by atomic mass is 10.4. The molecule has 1 saturated heterocycles. The highest BCUT2D eigenvalue weighted by molar-refractivity contribution is 8.13. The molecule has 1 fully saturated rings. The van der Waals surface area contributed by atoms with Crippen molar-refractivity contribution in [3.8, 4) is 0 Å². The number of nitrogens with zero attached hydrogens (tertiary/aromatic N) is 1. The predicted octanol–water partition coefficient (Wildman–Crippen LogP) is 0.718. The van der Waals surface area contributed by atoms with E-state index in [2.05, 4.69) is 0 Å². The number of carbonyl (C=O) groups is 2. The third-order valence-corrected chi connectivity index (χ3v) is 2.46. The fourth-order valence-corrected chi connectivity index (χ4v) is 1.74. The van der Waals surface area contributed by atoms with Crippen molar-refractivity contribution in [1.82, 2.24) is 4.90 Å². The molecule has 12 heavy (non-hydrogen) atoms. The average Bonchev–Trinajstić information content (AvgIpc) is 2.04. The highest BCUT2D eigenvalue weighted by atomic mass is 32.2. The van der Waals surface area contributed by atoms with E-state index >= 15 is 0 Å². The van der Waals surface area contributed by atoms with Crippen molar-refractivity contribution in [2.75, 3.05) is 26.0 Å². The van der Waals surface area contributed by atoms with Gasteiger partial charge in [-0.3, -0.25) is 14.5 Å². The van der Waals surface area contributed by atoms with Crippen LogP contribution in [0.4, 0.5) is 4.79 Å². The number of thioether (sulfide) groups is 1. The molecule has 0 N–H and O–H groups in total. The first-order valence-electron chi connectivity index (χ1n) is 3.71. The van der Waals surface area contributed by atoms with E-state index in [4.69, 9.17) is 4.74 Å². The molecule has 0 aromatic rings. The molecule has 4 nitrogen and oxygen atoms in total. The maximum Gasteiger partial charge on any atom is 0.288 e. The lowest BCUT2D eigenvalue weighted by Crippen LogP contribution is -2.40. The summed E-state index contributed by atoms with van der Waals surface area (Å²) in [5.41, 5.74) is 0. The van der Waals surface area contributed by atoms with Crippen LogP contribution >= 0.6 is 11.8 Å². The Morgan fingerprint density at radius 1 is 1.58 bits per heavy atom. The average molecular weight is 189 g/mol. The molecule has 2 amide bonds. The van der Waals surface area contributed by atoms with Crippen molar-refractivity contribution in [1.29, 1.82) is 0 Å². The zero-order valence-corrected chi connectivity index (χ0v) is 7.73. The molecule has 0 radical (unpaired) electrons. The Labute approximate surface area is 75.2 Å². The van der Waals surface area contributed by atoms with Gasteiger partial charge in [-0.15, -0.1) is 0 Å². The van der Waals surface area contributed by atoms with Gasteiger partial charge in [-0.2, -0.15) is 0 Å². The van der Waals surface area contributed by atoms with Crippen molar-refractivity contribution >= 4 is 22.9 Å². The van der Waals surface area contributed by atoms with Crippen LogP contribution in [0, 0.1) is 0 Å². The van der Waals surface area contributed by atoms with E-state index in [1.165, 1.54) is 16.7 Å². The Morgan fingerprint density at radius 2 is 2.33 bits per heavy atom. The molecule has 1 aliphatic rings. The third kappa shape index (κ3) is 2.22. The van der Waals surface area contributed by atoms with Gasteiger partial charge in [0, 0.05) is 19.3 Å². The maximum absolute atomic E-state index is 11.1. The SMILES string of the molecule is COCCN1C(=O)CCSC1=O. The summed E-state index contributed by atoms with van der Waals surface area (Å²) in [7, 11) is 1.55. The number of methoxy groups -OCH3 is 1. The van der Waals surface area contributed by atoms with Gasteiger partial charge in [-0.25, -0.2) is 0 Å². The summed E-state index contributed by atoms with van der Waals surface area (Å²) in [6.45, 7) is 0.791. The Bertz CT molecular complexity index is 179.